The van der Waals surface area contributed by atoms with Gasteiger partial charge < -0.3 is 4.57 Å². The van der Waals surface area contributed by atoms with Crippen LogP contribution in [0.4, 0.5) is 4.39 Å². The maximum absolute atomic E-state index is 13.3. The number of nitrogens with zero attached hydrogens (tertiary/aromatic N) is 1. The third kappa shape index (κ3) is 2.48. The molecule has 0 unspecified atom stereocenters. The molecule has 2 aromatic carbocycles. The molecule has 0 aliphatic rings. The Balaban J connectivity index is 2.15. The first-order valence-corrected chi connectivity index (χ1v) is 6.76. The minimum atomic E-state index is -0.483. The Bertz CT molecular complexity index is 796. The highest BCUT2D eigenvalue weighted by Gasteiger charge is 2.12. The molecule has 3 aromatic rings. The van der Waals surface area contributed by atoms with E-state index in [-0.39, 0.29) is 5.02 Å². The van der Waals surface area contributed by atoms with Crippen LogP contribution >= 0.6 is 11.6 Å². The number of hydrogen-bond donors (Lipinski definition) is 0. The lowest BCUT2D eigenvalue weighted by molar-refractivity contribution is 0.111. The maximum Gasteiger partial charge on any atom is 0.167 e. The molecule has 3 rings (SSSR count). The Morgan fingerprint density at radius 2 is 1.81 bits per heavy atom. The third-order valence-corrected chi connectivity index (χ3v) is 3.59. The van der Waals surface area contributed by atoms with Gasteiger partial charge in [-0.15, -0.1) is 0 Å². The summed E-state index contributed by atoms with van der Waals surface area (Å²) in [5, 5.41) is 0.0271. The molecule has 0 N–H and O–H groups in total. The van der Waals surface area contributed by atoms with Crippen molar-refractivity contribution >= 4 is 17.9 Å². The molecule has 21 heavy (non-hydrogen) atoms. The van der Waals surface area contributed by atoms with Crippen LogP contribution in [0.15, 0.2) is 60.8 Å². The second-order valence-electron chi connectivity index (χ2n) is 4.57. The summed E-state index contributed by atoms with van der Waals surface area (Å²) in [6, 6.07) is 15.8. The van der Waals surface area contributed by atoms with Crippen LogP contribution in [0.3, 0.4) is 0 Å². The first kappa shape index (κ1) is 13.6. The van der Waals surface area contributed by atoms with Gasteiger partial charge in [-0.05, 0) is 29.8 Å². The monoisotopic (exact) mass is 299 g/mol. The van der Waals surface area contributed by atoms with E-state index in [4.69, 9.17) is 11.6 Å². The van der Waals surface area contributed by atoms with Crippen LogP contribution in [0, 0.1) is 5.82 Å². The van der Waals surface area contributed by atoms with Crippen molar-refractivity contribution in [3.05, 3.63) is 77.3 Å². The van der Waals surface area contributed by atoms with Crippen LogP contribution in [0.1, 0.15) is 10.5 Å². The number of aldehydes is 1. The topological polar surface area (TPSA) is 22.0 Å². The second-order valence-corrected chi connectivity index (χ2v) is 4.97. The van der Waals surface area contributed by atoms with E-state index in [1.54, 1.807) is 16.8 Å². The molecule has 0 aliphatic heterocycles. The molecule has 0 fully saturated rings. The van der Waals surface area contributed by atoms with Gasteiger partial charge in [-0.3, -0.25) is 4.79 Å². The Kier molecular flexibility index (Phi) is 3.59. The summed E-state index contributed by atoms with van der Waals surface area (Å²) in [5.41, 5.74) is 2.92. The summed E-state index contributed by atoms with van der Waals surface area (Å²) in [6.07, 6.45) is 2.56. The van der Waals surface area contributed by atoms with Gasteiger partial charge in [0.1, 0.15) is 5.82 Å². The first-order chi connectivity index (χ1) is 10.2. The summed E-state index contributed by atoms with van der Waals surface area (Å²) >= 11 is 5.81. The largest absolute Gasteiger partial charge is 0.314 e. The molecule has 0 aliphatic carbocycles. The highest BCUT2D eigenvalue weighted by Crippen LogP contribution is 2.27. The molecular weight excluding hydrogens is 289 g/mol. The first-order valence-electron chi connectivity index (χ1n) is 6.38. The smallest absolute Gasteiger partial charge is 0.167 e. The fraction of sp³-hybridized carbons (Fsp3) is 0. The molecule has 0 amide bonds. The van der Waals surface area contributed by atoms with E-state index in [1.165, 1.54) is 12.1 Å². The van der Waals surface area contributed by atoms with Gasteiger partial charge in [0.25, 0.3) is 0 Å². The Hall–Kier alpha value is -2.39. The zero-order valence-electron chi connectivity index (χ0n) is 11.0. The van der Waals surface area contributed by atoms with Crippen molar-refractivity contribution in [2.75, 3.05) is 0 Å². The zero-order valence-corrected chi connectivity index (χ0v) is 11.7. The van der Waals surface area contributed by atoms with Crippen molar-refractivity contribution in [2.24, 2.45) is 0 Å². The van der Waals surface area contributed by atoms with E-state index in [0.717, 1.165) is 17.4 Å². The number of hydrogen-bond acceptors (Lipinski definition) is 1. The fourth-order valence-electron chi connectivity index (χ4n) is 2.29. The Labute approximate surface area is 126 Å². The quantitative estimate of drug-likeness (QED) is 0.640. The van der Waals surface area contributed by atoms with Crippen LogP contribution in [0.5, 0.6) is 0 Å². The highest BCUT2D eigenvalue weighted by molar-refractivity contribution is 6.30. The van der Waals surface area contributed by atoms with Crippen LogP contribution in [-0.4, -0.2) is 10.9 Å². The van der Waals surface area contributed by atoms with Crippen molar-refractivity contribution in [3.63, 3.8) is 0 Å². The van der Waals surface area contributed by atoms with Crippen LogP contribution in [0.2, 0.25) is 5.02 Å². The minimum absolute atomic E-state index is 0.0271. The SMILES string of the molecule is O=Cc1c(-c2ccccc2)ccn1-c1ccc(F)c(Cl)c1. The lowest BCUT2D eigenvalue weighted by Crippen LogP contribution is -1.99. The van der Waals surface area contributed by atoms with Crippen molar-refractivity contribution in [2.45, 2.75) is 0 Å². The number of carbonyl (C=O) groups is 1. The van der Waals surface area contributed by atoms with Crippen molar-refractivity contribution in [1.82, 2.24) is 4.57 Å². The molecule has 104 valence electrons. The summed E-state index contributed by atoms with van der Waals surface area (Å²) in [4.78, 5) is 11.5. The Morgan fingerprint density at radius 1 is 1.05 bits per heavy atom. The van der Waals surface area contributed by atoms with Crippen LogP contribution in [-0.2, 0) is 0 Å². The maximum atomic E-state index is 13.3. The second kappa shape index (κ2) is 5.54. The number of carbonyl (C=O) groups excluding carboxylic acids is 1. The predicted octanol–water partition coefficient (Wildman–Crippen LogP) is 4.75. The Morgan fingerprint density at radius 3 is 2.48 bits per heavy atom. The van der Waals surface area contributed by atoms with E-state index in [1.807, 2.05) is 36.4 Å². The third-order valence-electron chi connectivity index (χ3n) is 3.30. The predicted molar refractivity (Wildman–Crippen MR) is 81.6 cm³/mol. The van der Waals surface area contributed by atoms with Gasteiger partial charge in [0.15, 0.2) is 6.29 Å². The number of halogens is 2. The van der Waals surface area contributed by atoms with Gasteiger partial charge in [0, 0.05) is 17.4 Å². The average molecular weight is 300 g/mol. The molecule has 4 heteroatoms. The molecular formula is C17H11ClFNO. The molecule has 1 aromatic heterocycles. The number of aromatic nitrogens is 1. The summed E-state index contributed by atoms with van der Waals surface area (Å²) in [5.74, 6) is -0.483. The lowest BCUT2D eigenvalue weighted by Gasteiger charge is -2.08. The summed E-state index contributed by atoms with van der Waals surface area (Å²) in [6.45, 7) is 0. The normalized spacial score (nSPS) is 10.6. The van der Waals surface area contributed by atoms with Crippen molar-refractivity contribution < 1.29 is 9.18 Å². The van der Waals surface area contributed by atoms with Gasteiger partial charge in [-0.1, -0.05) is 41.9 Å². The van der Waals surface area contributed by atoms with Gasteiger partial charge in [-0.25, -0.2) is 4.39 Å². The highest BCUT2D eigenvalue weighted by atomic mass is 35.5. The molecule has 0 atom stereocenters. The molecule has 2 nitrogen and oxygen atoms in total. The summed E-state index contributed by atoms with van der Waals surface area (Å²) in [7, 11) is 0. The van der Waals surface area contributed by atoms with E-state index in [0.29, 0.717) is 11.4 Å². The molecule has 0 bridgehead atoms. The number of rotatable bonds is 3. The van der Waals surface area contributed by atoms with E-state index < -0.39 is 5.82 Å². The van der Waals surface area contributed by atoms with Crippen molar-refractivity contribution in [1.29, 1.82) is 0 Å². The molecule has 1 heterocycles. The van der Waals surface area contributed by atoms with Crippen molar-refractivity contribution in [3.8, 4) is 16.8 Å². The van der Waals surface area contributed by atoms with E-state index in [9.17, 15) is 9.18 Å². The van der Waals surface area contributed by atoms with Gasteiger partial charge in [0.2, 0.25) is 0 Å². The average Bonchev–Trinajstić information content (AvgIpc) is 2.94. The standard InChI is InChI=1S/C17H11ClFNO/c18-15-10-13(6-7-16(15)19)20-9-8-14(17(20)11-21)12-4-2-1-3-5-12/h1-11H. The zero-order chi connectivity index (χ0) is 14.8. The van der Waals surface area contributed by atoms with E-state index >= 15 is 0 Å². The van der Waals surface area contributed by atoms with Crippen LogP contribution in [0.25, 0.3) is 16.8 Å². The van der Waals surface area contributed by atoms with Gasteiger partial charge in [-0.2, -0.15) is 0 Å². The summed E-state index contributed by atoms with van der Waals surface area (Å²) < 4.78 is 15.0. The van der Waals surface area contributed by atoms with E-state index in [2.05, 4.69) is 0 Å². The number of benzene rings is 2. The minimum Gasteiger partial charge on any atom is -0.314 e. The fourth-order valence-corrected chi connectivity index (χ4v) is 2.46. The molecule has 0 saturated carbocycles. The molecule has 0 spiro atoms. The van der Waals surface area contributed by atoms with Gasteiger partial charge >= 0.3 is 0 Å². The molecule has 0 saturated heterocycles. The lowest BCUT2D eigenvalue weighted by atomic mass is 10.1. The molecule has 0 radical (unpaired) electrons. The van der Waals surface area contributed by atoms with Crippen LogP contribution < -0.4 is 0 Å². The van der Waals surface area contributed by atoms with Gasteiger partial charge in [0.05, 0.1) is 10.7 Å².